The second-order valence-corrected chi connectivity index (χ2v) is 9.62. The molecule has 0 fully saturated rings. The molecule has 2 aromatic heterocycles. The fourth-order valence-electron chi connectivity index (χ4n) is 4.49. The van der Waals surface area contributed by atoms with E-state index in [1.165, 1.54) is 4.40 Å². The fourth-order valence-corrected chi connectivity index (χ4v) is 4.49. The van der Waals surface area contributed by atoms with Crippen molar-refractivity contribution in [2.75, 3.05) is 0 Å². The summed E-state index contributed by atoms with van der Waals surface area (Å²) in [5.74, 6) is 0. The van der Waals surface area contributed by atoms with Gasteiger partial charge < -0.3 is 4.40 Å². The van der Waals surface area contributed by atoms with Crippen LogP contribution in [0, 0.1) is 0 Å². The molecule has 0 unspecified atom stereocenters. The van der Waals surface area contributed by atoms with Crippen molar-refractivity contribution in [3.8, 4) is 0 Å². The molecule has 5 aromatic rings. The van der Waals surface area contributed by atoms with Crippen LogP contribution in [0.2, 0.25) is 0 Å². The summed E-state index contributed by atoms with van der Waals surface area (Å²) in [5.41, 5.74) is -3.14. The standard InChI is InChI=1S/C26H17F6NO2/c1-24(2,3)14-10-17-21-18(11-14)23(35)16-9-13(26(30,31)32)5-7-20(16)33(21)19-6-4-12(25(27,28)29)8-15(19)22(17)34/h4-11H,1-3H3. The van der Waals surface area contributed by atoms with Gasteiger partial charge in [-0.05, 0) is 59.5 Å². The number of hydrogen-bond acceptors (Lipinski definition) is 2. The Morgan fingerprint density at radius 2 is 0.943 bits per heavy atom. The maximum Gasteiger partial charge on any atom is 0.416 e. The van der Waals surface area contributed by atoms with Gasteiger partial charge in [0.15, 0.2) is 10.9 Å². The van der Waals surface area contributed by atoms with Gasteiger partial charge in [0.2, 0.25) is 0 Å². The van der Waals surface area contributed by atoms with Crippen molar-refractivity contribution in [3.05, 3.63) is 85.7 Å². The largest absolute Gasteiger partial charge is 0.416 e. The van der Waals surface area contributed by atoms with Crippen molar-refractivity contribution >= 4 is 38.1 Å². The first-order valence-corrected chi connectivity index (χ1v) is 10.6. The summed E-state index contributed by atoms with van der Waals surface area (Å²) in [6, 6.07) is 8.39. The molecule has 0 spiro atoms. The Morgan fingerprint density at radius 1 is 0.571 bits per heavy atom. The van der Waals surface area contributed by atoms with Crippen LogP contribution in [0.5, 0.6) is 0 Å². The molecule has 2 heterocycles. The first-order valence-electron chi connectivity index (χ1n) is 10.6. The molecule has 9 heteroatoms. The van der Waals surface area contributed by atoms with Gasteiger partial charge >= 0.3 is 12.4 Å². The molecule has 0 radical (unpaired) electrons. The van der Waals surface area contributed by atoms with Gasteiger partial charge in [0, 0.05) is 21.5 Å². The molecule has 3 nitrogen and oxygen atoms in total. The van der Waals surface area contributed by atoms with Crippen LogP contribution in [0.1, 0.15) is 37.5 Å². The number of fused-ring (bicyclic) bond motifs is 4. The molecule has 0 aliphatic carbocycles. The first kappa shape index (κ1) is 23.1. The highest BCUT2D eigenvalue weighted by atomic mass is 19.4. The normalized spacial score (nSPS) is 13.5. The molecule has 0 atom stereocenters. The average Bonchev–Trinajstić information content (AvgIpc) is 2.75. The lowest BCUT2D eigenvalue weighted by molar-refractivity contribution is -0.138. The highest BCUT2D eigenvalue weighted by molar-refractivity contribution is 6.08. The summed E-state index contributed by atoms with van der Waals surface area (Å²) >= 11 is 0. The Balaban J connectivity index is 2.12. The number of halogens is 6. The Kier molecular flexibility index (Phi) is 4.60. The molecule has 0 saturated heterocycles. The molecule has 0 amide bonds. The van der Waals surface area contributed by atoms with Crippen molar-refractivity contribution in [1.29, 1.82) is 0 Å². The maximum absolute atomic E-state index is 13.5. The van der Waals surface area contributed by atoms with E-state index >= 15 is 0 Å². The van der Waals surface area contributed by atoms with Crippen LogP contribution < -0.4 is 10.9 Å². The molecule has 0 saturated carbocycles. The van der Waals surface area contributed by atoms with Crippen molar-refractivity contribution < 1.29 is 26.3 Å². The third kappa shape index (κ3) is 3.44. The molecular formula is C26H17F6NO2. The summed E-state index contributed by atoms with van der Waals surface area (Å²) in [5, 5.41) is -0.439. The Bertz CT molecular complexity index is 1670. The minimum Gasteiger partial charge on any atom is -0.308 e. The number of aromatic nitrogens is 1. The minimum absolute atomic E-state index is 0.0261. The summed E-state index contributed by atoms with van der Waals surface area (Å²) in [7, 11) is 0. The van der Waals surface area contributed by atoms with Crippen LogP contribution in [0.4, 0.5) is 26.3 Å². The van der Waals surface area contributed by atoms with E-state index in [1.807, 2.05) is 20.8 Å². The van der Waals surface area contributed by atoms with E-state index in [0.29, 0.717) is 5.56 Å². The van der Waals surface area contributed by atoms with Crippen LogP contribution >= 0.6 is 0 Å². The Hall–Kier alpha value is -3.62. The van der Waals surface area contributed by atoms with Gasteiger partial charge in [-0.15, -0.1) is 0 Å². The topological polar surface area (TPSA) is 38.5 Å². The average molecular weight is 489 g/mol. The molecule has 0 bridgehead atoms. The van der Waals surface area contributed by atoms with Crippen LogP contribution in [-0.4, -0.2) is 4.40 Å². The van der Waals surface area contributed by atoms with Gasteiger partial charge in [-0.3, -0.25) is 9.59 Å². The number of nitrogens with zero attached hydrogens (tertiary/aromatic N) is 1. The van der Waals surface area contributed by atoms with Gasteiger partial charge in [-0.25, -0.2) is 0 Å². The molecule has 0 aliphatic rings. The van der Waals surface area contributed by atoms with Crippen molar-refractivity contribution in [3.63, 3.8) is 0 Å². The molecule has 35 heavy (non-hydrogen) atoms. The van der Waals surface area contributed by atoms with Gasteiger partial charge in [0.1, 0.15) is 0 Å². The molecule has 5 rings (SSSR count). The second kappa shape index (κ2) is 6.96. The molecule has 180 valence electrons. The highest BCUT2D eigenvalue weighted by Gasteiger charge is 2.33. The van der Waals surface area contributed by atoms with E-state index in [4.69, 9.17) is 0 Å². The smallest absolute Gasteiger partial charge is 0.308 e. The third-order valence-corrected chi connectivity index (χ3v) is 6.31. The summed E-state index contributed by atoms with van der Waals surface area (Å²) in [4.78, 5) is 26.9. The van der Waals surface area contributed by atoms with Crippen molar-refractivity contribution in [2.24, 2.45) is 0 Å². The third-order valence-electron chi connectivity index (χ3n) is 6.31. The predicted octanol–water partition coefficient (Wildman–Crippen LogP) is 6.89. The monoisotopic (exact) mass is 489 g/mol. The van der Waals surface area contributed by atoms with Crippen LogP contribution in [0.15, 0.2) is 58.1 Å². The lowest BCUT2D eigenvalue weighted by Crippen LogP contribution is -2.19. The fraction of sp³-hybridized carbons (Fsp3) is 0.231. The zero-order valence-corrected chi connectivity index (χ0v) is 18.7. The molecule has 3 aromatic carbocycles. The van der Waals surface area contributed by atoms with Crippen LogP contribution in [0.25, 0.3) is 38.1 Å². The van der Waals surface area contributed by atoms with E-state index < -0.39 is 39.8 Å². The number of hydrogen-bond donors (Lipinski definition) is 0. The summed E-state index contributed by atoms with van der Waals surface area (Å²) in [6.45, 7) is 5.47. The van der Waals surface area contributed by atoms with Crippen molar-refractivity contribution in [1.82, 2.24) is 4.40 Å². The lowest BCUT2D eigenvalue weighted by atomic mass is 9.85. The Morgan fingerprint density at radius 3 is 1.29 bits per heavy atom. The number of pyridine rings is 2. The second-order valence-electron chi connectivity index (χ2n) is 9.62. The van der Waals surface area contributed by atoms with Crippen LogP contribution in [-0.2, 0) is 17.8 Å². The van der Waals surface area contributed by atoms with Gasteiger partial charge in [-0.2, -0.15) is 26.3 Å². The molecule has 0 aliphatic heterocycles. The Labute approximate surface area is 193 Å². The lowest BCUT2D eigenvalue weighted by Gasteiger charge is -2.22. The van der Waals surface area contributed by atoms with Gasteiger partial charge in [-0.1, -0.05) is 20.8 Å². The zero-order valence-electron chi connectivity index (χ0n) is 18.7. The van der Waals surface area contributed by atoms with E-state index in [9.17, 15) is 35.9 Å². The van der Waals surface area contributed by atoms with Gasteiger partial charge in [0.25, 0.3) is 0 Å². The predicted molar refractivity (Wildman–Crippen MR) is 122 cm³/mol. The maximum atomic E-state index is 13.5. The highest BCUT2D eigenvalue weighted by Crippen LogP contribution is 2.36. The van der Waals surface area contributed by atoms with E-state index in [0.717, 1.165) is 36.4 Å². The number of benzene rings is 3. The van der Waals surface area contributed by atoms with E-state index in [-0.39, 0.29) is 38.1 Å². The SMILES string of the molecule is CC(C)(C)c1cc2c(=O)c3cc(C(F)(F)F)ccc3n3c4ccc(C(F)(F)F)cc4c(=O)c(c1)c23. The quantitative estimate of drug-likeness (QED) is 0.135. The minimum atomic E-state index is -4.70. The summed E-state index contributed by atoms with van der Waals surface area (Å²) < 4.78 is 82.0. The summed E-state index contributed by atoms with van der Waals surface area (Å²) in [6.07, 6.45) is -9.41. The van der Waals surface area contributed by atoms with Gasteiger partial charge in [0.05, 0.1) is 27.7 Å². The molecular weight excluding hydrogens is 472 g/mol. The number of rotatable bonds is 0. The van der Waals surface area contributed by atoms with E-state index in [2.05, 4.69) is 0 Å². The zero-order chi connectivity index (χ0) is 25.7. The van der Waals surface area contributed by atoms with E-state index in [1.54, 1.807) is 12.1 Å². The van der Waals surface area contributed by atoms with Crippen LogP contribution in [0.3, 0.4) is 0 Å². The van der Waals surface area contributed by atoms with Crippen molar-refractivity contribution in [2.45, 2.75) is 38.5 Å². The first-order chi connectivity index (χ1) is 16.1. The molecule has 0 N–H and O–H groups in total. The number of alkyl halides is 6.